The number of nitrogens with two attached hydrogens (primary N) is 1. The first kappa shape index (κ1) is 13.2. The van der Waals surface area contributed by atoms with Crippen molar-refractivity contribution in [3.05, 3.63) is 17.6 Å². The van der Waals surface area contributed by atoms with Crippen molar-refractivity contribution in [3.63, 3.8) is 0 Å². The third-order valence-corrected chi connectivity index (χ3v) is 3.19. The number of piperidine rings is 1. The van der Waals surface area contributed by atoms with Crippen LogP contribution in [-0.4, -0.2) is 42.3 Å². The first-order valence-corrected chi connectivity index (χ1v) is 6.58. The maximum Gasteiger partial charge on any atom is 0.132 e. The van der Waals surface area contributed by atoms with Gasteiger partial charge in [-0.2, -0.15) is 0 Å². The van der Waals surface area contributed by atoms with Gasteiger partial charge in [0.15, 0.2) is 0 Å². The van der Waals surface area contributed by atoms with Crippen molar-refractivity contribution in [1.29, 1.82) is 0 Å². The van der Waals surface area contributed by atoms with Crippen LogP contribution in [0.25, 0.3) is 0 Å². The summed E-state index contributed by atoms with van der Waals surface area (Å²) in [6.07, 6.45) is 2.44. The lowest BCUT2D eigenvalue weighted by Gasteiger charge is -2.32. The molecule has 0 saturated carbocycles. The minimum Gasteiger partial charge on any atom is -0.377 e. The Labute approximate surface area is 108 Å². The van der Waals surface area contributed by atoms with Crippen molar-refractivity contribution >= 4 is 5.82 Å². The van der Waals surface area contributed by atoms with Gasteiger partial charge in [0.1, 0.15) is 11.6 Å². The van der Waals surface area contributed by atoms with Gasteiger partial charge in [0.05, 0.1) is 12.7 Å². The van der Waals surface area contributed by atoms with E-state index >= 15 is 0 Å². The van der Waals surface area contributed by atoms with Crippen molar-refractivity contribution in [2.45, 2.75) is 32.8 Å². The predicted octanol–water partition coefficient (Wildman–Crippen LogP) is 1.04. The molecule has 0 aromatic carbocycles. The Kier molecular flexibility index (Phi) is 4.49. The summed E-state index contributed by atoms with van der Waals surface area (Å²) in [7, 11) is 0. The monoisotopic (exact) mass is 250 g/mol. The van der Waals surface area contributed by atoms with Crippen molar-refractivity contribution in [2.24, 2.45) is 5.73 Å². The van der Waals surface area contributed by atoms with Crippen LogP contribution in [0.2, 0.25) is 0 Å². The minimum atomic E-state index is 0.355. The topological polar surface area (TPSA) is 64.3 Å². The molecule has 1 aliphatic rings. The third kappa shape index (κ3) is 3.40. The van der Waals surface area contributed by atoms with E-state index in [2.05, 4.69) is 14.9 Å². The van der Waals surface area contributed by atoms with E-state index in [0.717, 1.165) is 43.3 Å². The second kappa shape index (κ2) is 6.11. The van der Waals surface area contributed by atoms with Crippen LogP contribution in [0.4, 0.5) is 5.82 Å². The molecule has 18 heavy (non-hydrogen) atoms. The zero-order valence-corrected chi connectivity index (χ0v) is 11.2. The molecule has 1 aromatic rings. The highest BCUT2D eigenvalue weighted by molar-refractivity contribution is 5.40. The van der Waals surface area contributed by atoms with Crippen molar-refractivity contribution in [1.82, 2.24) is 9.97 Å². The quantitative estimate of drug-likeness (QED) is 0.865. The molecule has 1 aliphatic heterocycles. The Hall–Kier alpha value is -1.20. The van der Waals surface area contributed by atoms with Crippen LogP contribution in [0.3, 0.4) is 0 Å². The van der Waals surface area contributed by atoms with Gasteiger partial charge in [0.2, 0.25) is 0 Å². The molecule has 2 N–H and O–H groups in total. The zero-order chi connectivity index (χ0) is 13.0. The van der Waals surface area contributed by atoms with Gasteiger partial charge in [-0.1, -0.05) is 0 Å². The van der Waals surface area contributed by atoms with Gasteiger partial charge in [0.25, 0.3) is 0 Å². The van der Waals surface area contributed by atoms with Crippen LogP contribution >= 0.6 is 0 Å². The number of hydrogen-bond acceptors (Lipinski definition) is 5. The van der Waals surface area contributed by atoms with E-state index in [1.807, 2.05) is 19.9 Å². The number of aryl methyl sites for hydroxylation is 2. The van der Waals surface area contributed by atoms with Gasteiger partial charge in [-0.3, -0.25) is 0 Å². The van der Waals surface area contributed by atoms with E-state index in [-0.39, 0.29) is 0 Å². The van der Waals surface area contributed by atoms with Crippen molar-refractivity contribution in [3.8, 4) is 0 Å². The molecule has 0 aliphatic carbocycles. The van der Waals surface area contributed by atoms with Gasteiger partial charge in [-0.15, -0.1) is 0 Å². The molecule has 0 bridgehead atoms. The van der Waals surface area contributed by atoms with E-state index in [1.54, 1.807) is 0 Å². The fraction of sp³-hybridized carbons (Fsp3) is 0.692. The summed E-state index contributed by atoms with van der Waals surface area (Å²) in [5.41, 5.74) is 6.47. The van der Waals surface area contributed by atoms with E-state index in [4.69, 9.17) is 10.5 Å². The number of ether oxygens (including phenoxy) is 1. The number of anilines is 1. The highest BCUT2D eigenvalue weighted by atomic mass is 16.5. The molecule has 0 unspecified atom stereocenters. The SMILES string of the molecule is Cc1cc(N2CCC(OCCN)CC2)nc(C)n1. The summed E-state index contributed by atoms with van der Waals surface area (Å²) in [5.74, 6) is 1.88. The lowest BCUT2D eigenvalue weighted by atomic mass is 10.1. The Morgan fingerprint density at radius 3 is 2.67 bits per heavy atom. The summed E-state index contributed by atoms with van der Waals surface area (Å²) in [6, 6.07) is 2.05. The molecule has 5 nitrogen and oxygen atoms in total. The Bertz CT molecular complexity index is 368. The first-order valence-electron chi connectivity index (χ1n) is 6.58. The number of aromatic nitrogens is 2. The molecular weight excluding hydrogens is 228 g/mol. The molecule has 0 amide bonds. The standard InChI is InChI=1S/C13H22N4O/c1-10-9-13(16-11(2)15-10)17-6-3-12(4-7-17)18-8-5-14/h9,12H,3-8,14H2,1-2H3. The molecule has 0 radical (unpaired) electrons. The summed E-state index contributed by atoms with van der Waals surface area (Å²) in [4.78, 5) is 11.1. The van der Waals surface area contributed by atoms with Crippen LogP contribution in [0, 0.1) is 13.8 Å². The van der Waals surface area contributed by atoms with Gasteiger partial charge in [-0.05, 0) is 26.7 Å². The van der Waals surface area contributed by atoms with Crippen LogP contribution in [-0.2, 0) is 4.74 Å². The molecule has 0 spiro atoms. The lowest BCUT2D eigenvalue weighted by molar-refractivity contribution is 0.0421. The van der Waals surface area contributed by atoms with Gasteiger partial charge < -0.3 is 15.4 Å². The van der Waals surface area contributed by atoms with Gasteiger partial charge in [0, 0.05) is 31.4 Å². The largest absolute Gasteiger partial charge is 0.377 e. The highest BCUT2D eigenvalue weighted by Gasteiger charge is 2.20. The molecule has 0 atom stereocenters. The first-order chi connectivity index (χ1) is 8.69. The summed E-state index contributed by atoms with van der Waals surface area (Å²) >= 11 is 0. The molecule has 100 valence electrons. The molecule has 1 fully saturated rings. The van der Waals surface area contributed by atoms with E-state index in [0.29, 0.717) is 19.3 Å². The highest BCUT2D eigenvalue weighted by Crippen LogP contribution is 2.20. The molecule has 2 heterocycles. The average molecular weight is 250 g/mol. The Morgan fingerprint density at radius 1 is 1.33 bits per heavy atom. The Balaban J connectivity index is 1.92. The zero-order valence-electron chi connectivity index (χ0n) is 11.2. The van der Waals surface area contributed by atoms with Crippen molar-refractivity contribution < 1.29 is 4.74 Å². The fourth-order valence-electron chi connectivity index (χ4n) is 2.35. The number of nitrogens with zero attached hydrogens (tertiary/aromatic N) is 3. The smallest absolute Gasteiger partial charge is 0.132 e. The van der Waals surface area contributed by atoms with Crippen molar-refractivity contribution in [2.75, 3.05) is 31.1 Å². The minimum absolute atomic E-state index is 0.355. The van der Waals surface area contributed by atoms with Crippen LogP contribution in [0.15, 0.2) is 6.07 Å². The normalized spacial score (nSPS) is 17.2. The molecule has 2 rings (SSSR count). The maximum absolute atomic E-state index is 5.68. The van der Waals surface area contributed by atoms with Crippen LogP contribution < -0.4 is 10.6 Å². The maximum atomic E-state index is 5.68. The molecule has 5 heteroatoms. The fourth-order valence-corrected chi connectivity index (χ4v) is 2.35. The van der Waals surface area contributed by atoms with E-state index in [1.165, 1.54) is 0 Å². The predicted molar refractivity (Wildman–Crippen MR) is 71.7 cm³/mol. The number of hydrogen-bond donors (Lipinski definition) is 1. The van der Waals surface area contributed by atoms with Crippen LogP contribution in [0.1, 0.15) is 24.4 Å². The second-order valence-corrected chi connectivity index (χ2v) is 4.76. The molecular formula is C13H22N4O. The average Bonchev–Trinajstić information content (AvgIpc) is 2.36. The second-order valence-electron chi connectivity index (χ2n) is 4.76. The summed E-state index contributed by atoms with van der Waals surface area (Å²) in [5, 5.41) is 0. The number of rotatable bonds is 4. The molecule has 1 aromatic heterocycles. The van der Waals surface area contributed by atoms with E-state index in [9.17, 15) is 0 Å². The Morgan fingerprint density at radius 2 is 2.06 bits per heavy atom. The summed E-state index contributed by atoms with van der Waals surface area (Å²) < 4.78 is 5.68. The molecule has 1 saturated heterocycles. The van der Waals surface area contributed by atoms with Gasteiger partial charge >= 0.3 is 0 Å². The summed E-state index contributed by atoms with van der Waals surface area (Å²) in [6.45, 7) is 7.19. The van der Waals surface area contributed by atoms with E-state index < -0.39 is 0 Å². The lowest BCUT2D eigenvalue weighted by Crippen LogP contribution is -2.38. The third-order valence-electron chi connectivity index (χ3n) is 3.19. The van der Waals surface area contributed by atoms with Gasteiger partial charge in [-0.25, -0.2) is 9.97 Å². The van der Waals surface area contributed by atoms with Crippen LogP contribution in [0.5, 0.6) is 0 Å².